The van der Waals surface area contributed by atoms with Crippen molar-refractivity contribution in [3.05, 3.63) is 53.4 Å². The van der Waals surface area contributed by atoms with Gasteiger partial charge in [0.2, 0.25) is 0 Å². The molecule has 13 heteroatoms. The van der Waals surface area contributed by atoms with Crippen LogP contribution in [0.5, 0.6) is 6.01 Å². The highest BCUT2D eigenvalue weighted by molar-refractivity contribution is 6.36. The van der Waals surface area contributed by atoms with Gasteiger partial charge in [-0.1, -0.05) is 41.9 Å². The van der Waals surface area contributed by atoms with Crippen molar-refractivity contribution in [3.63, 3.8) is 0 Å². The largest absolute Gasteiger partial charge is 0.461 e. The number of pyridine rings is 1. The molecule has 0 aliphatic carbocycles. The number of hydrogen-bond acceptors (Lipinski definition) is 9. The lowest BCUT2D eigenvalue weighted by atomic mass is 9.95. The van der Waals surface area contributed by atoms with Crippen LogP contribution in [0, 0.1) is 5.82 Å². The Morgan fingerprint density at radius 2 is 1.94 bits per heavy atom. The number of piperazine rings is 1. The van der Waals surface area contributed by atoms with Crippen molar-refractivity contribution in [2.45, 2.75) is 82.0 Å². The van der Waals surface area contributed by atoms with Crippen molar-refractivity contribution >= 4 is 45.2 Å². The van der Waals surface area contributed by atoms with Crippen LogP contribution in [0.15, 0.2) is 42.6 Å². The average Bonchev–Trinajstić information content (AvgIpc) is 3.64. The van der Waals surface area contributed by atoms with Crippen LogP contribution in [0.3, 0.4) is 0 Å². The fourth-order valence-corrected chi connectivity index (χ4v) is 8.64. The standard InChI is InChI=1S/C36H39ClF2N6O4/c1-35(2,3)49-34(47)45-22-13-27(46)26(45)18-43(17-22)32-24-15-40-30(23-9-4-7-20-8-5-10-25(37)28(20)23)29(39)31(24)41-33(42-32)48-19-36-11-6-12-44(36)16-21(38)14-36/h4-5,7-10,15,21-22,26-27,46H,6,11-14,16-19H2,1-3H3/t21?,22-,26-,27-,36?/m1/s1. The molecule has 1 N–H and O–H groups in total. The van der Waals surface area contributed by atoms with E-state index in [0.29, 0.717) is 53.1 Å². The van der Waals surface area contributed by atoms with Crippen molar-refractivity contribution in [3.8, 4) is 17.3 Å². The van der Waals surface area contributed by atoms with Crippen LogP contribution >= 0.6 is 11.6 Å². The molecular weight excluding hydrogens is 654 g/mol. The minimum atomic E-state index is -0.932. The highest BCUT2D eigenvalue weighted by Crippen LogP contribution is 2.42. The monoisotopic (exact) mass is 692 g/mol. The van der Waals surface area contributed by atoms with Gasteiger partial charge in [-0.05, 0) is 58.0 Å². The molecule has 0 saturated carbocycles. The highest BCUT2D eigenvalue weighted by atomic mass is 35.5. The zero-order valence-corrected chi connectivity index (χ0v) is 28.5. The molecule has 5 atom stereocenters. The molecule has 4 saturated heterocycles. The molecule has 10 nitrogen and oxygen atoms in total. The molecular formula is C36H39ClF2N6O4. The maximum atomic E-state index is 16.9. The molecule has 1 amide bonds. The number of alkyl halides is 1. The number of anilines is 1. The van der Waals surface area contributed by atoms with Gasteiger partial charge in [0.25, 0.3) is 0 Å². The van der Waals surface area contributed by atoms with Crippen molar-refractivity contribution in [2.24, 2.45) is 0 Å². The second-order valence-electron chi connectivity index (χ2n) is 14.8. The number of ether oxygens (including phenoxy) is 2. The summed E-state index contributed by atoms with van der Waals surface area (Å²) in [7, 11) is 0. The van der Waals surface area contributed by atoms with Crippen LogP contribution in [0.1, 0.15) is 46.5 Å². The molecule has 2 bridgehead atoms. The SMILES string of the molecule is CC(C)(C)OC(=O)N1[C@@H]2C[C@@H](O)[C@H]1CN(c1nc(OCC34CCCN3CC(F)C4)nc3c(F)c(-c4cccc5cccc(Cl)c45)ncc13)C2. The third-order valence-corrected chi connectivity index (χ3v) is 10.7. The van der Waals surface area contributed by atoms with Gasteiger partial charge in [0.15, 0.2) is 5.82 Å². The molecule has 258 valence electrons. The molecule has 8 rings (SSSR count). The van der Waals surface area contributed by atoms with E-state index in [1.807, 2.05) is 29.2 Å². The normalized spacial score (nSPS) is 26.9. The average molecular weight is 693 g/mol. The summed E-state index contributed by atoms with van der Waals surface area (Å²) < 4.78 is 43.4. The third-order valence-electron chi connectivity index (χ3n) is 10.4. The van der Waals surface area contributed by atoms with Crippen LogP contribution in [0.4, 0.5) is 19.4 Å². The molecule has 4 aliphatic rings. The van der Waals surface area contributed by atoms with Crippen LogP contribution in [-0.4, -0.2) is 104 Å². The Hall–Kier alpha value is -3.87. The number of nitrogens with zero attached hydrogens (tertiary/aromatic N) is 6. The van der Waals surface area contributed by atoms with Crippen LogP contribution in [-0.2, 0) is 4.74 Å². The van der Waals surface area contributed by atoms with Gasteiger partial charge in [-0.15, -0.1) is 0 Å². The molecule has 2 aromatic heterocycles. The number of carbonyl (C=O) groups is 1. The van der Waals surface area contributed by atoms with Gasteiger partial charge in [0.1, 0.15) is 35.4 Å². The van der Waals surface area contributed by atoms with Gasteiger partial charge >= 0.3 is 12.1 Å². The minimum absolute atomic E-state index is 0.0205. The second kappa shape index (κ2) is 11.9. The Kier molecular flexibility index (Phi) is 7.84. The summed E-state index contributed by atoms with van der Waals surface area (Å²) in [6.45, 7) is 7.32. The molecule has 2 aromatic carbocycles. The van der Waals surface area contributed by atoms with E-state index in [9.17, 15) is 14.3 Å². The van der Waals surface area contributed by atoms with Gasteiger partial charge in [-0.2, -0.15) is 9.97 Å². The molecule has 0 spiro atoms. The van der Waals surface area contributed by atoms with E-state index in [1.54, 1.807) is 44.0 Å². The molecule has 4 aromatic rings. The fourth-order valence-electron chi connectivity index (χ4n) is 8.36. The lowest BCUT2D eigenvalue weighted by molar-refractivity contribution is 0.00603. The first-order chi connectivity index (χ1) is 23.4. The lowest BCUT2D eigenvalue weighted by Crippen LogP contribution is -2.58. The first-order valence-corrected chi connectivity index (χ1v) is 17.3. The van der Waals surface area contributed by atoms with Gasteiger partial charge in [-0.3, -0.25) is 14.8 Å². The first-order valence-electron chi connectivity index (χ1n) is 16.9. The predicted octanol–water partition coefficient (Wildman–Crippen LogP) is 6.15. The van der Waals surface area contributed by atoms with E-state index in [-0.39, 0.29) is 36.4 Å². The summed E-state index contributed by atoms with van der Waals surface area (Å²) in [5.74, 6) is -0.267. The smallest absolute Gasteiger partial charge is 0.411 e. The second-order valence-corrected chi connectivity index (χ2v) is 15.2. The van der Waals surface area contributed by atoms with Crippen molar-refractivity contribution in [1.82, 2.24) is 24.8 Å². The molecule has 6 heterocycles. The van der Waals surface area contributed by atoms with Crippen LogP contribution in [0.2, 0.25) is 5.02 Å². The molecule has 4 aliphatic heterocycles. The van der Waals surface area contributed by atoms with Gasteiger partial charge in [0.05, 0.1) is 29.1 Å². The number of hydrogen-bond donors (Lipinski definition) is 1. The molecule has 0 radical (unpaired) electrons. The Morgan fingerprint density at radius 1 is 1.14 bits per heavy atom. The lowest BCUT2D eigenvalue weighted by Gasteiger charge is -2.42. The predicted molar refractivity (Wildman–Crippen MR) is 182 cm³/mol. The van der Waals surface area contributed by atoms with Crippen LogP contribution in [0.25, 0.3) is 32.9 Å². The number of aliphatic hydroxyl groups excluding tert-OH is 1. The number of fused-ring (bicyclic) bond motifs is 5. The Morgan fingerprint density at radius 3 is 2.71 bits per heavy atom. The summed E-state index contributed by atoms with van der Waals surface area (Å²) in [6.07, 6.45) is 1.86. The summed E-state index contributed by atoms with van der Waals surface area (Å²) in [4.78, 5) is 32.9. The molecule has 2 unspecified atom stereocenters. The zero-order chi connectivity index (χ0) is 34.2. The third kappa shape index (κ3) is 5.61. The zero-order valence-electron chi connectivity index (χ0n) is 27.7. The molecule has 4 fully saturated rings. The fraction of sp³-hybridized carbons (Fsp3) is 0.500. The number of amides is 1. The number of carbonyl (C=O) groups excluding carboxylic acids is 1. The molecule has 49 heavy (non-hydrogen) atoms. The van der Waals surface area contributed by atoms with Crippen molar-refractivity contribution in [1.29, 1.82) is 0 Å². The topological polar surface area (TPSA) is 104 Å². The van der Waals surface area contributed by atoms with E-state index >= 15 is 4.39 Å². The van der Waals surface area contributed by atoms with Crippen molar-refractivity contribution in [2.75, 3.05) is 37.7 Å². The summed E-state index contributed by atoms with van der Waals surface area (Å²) in [6, 6.07) is 10.1. The number of aromatic nitrogens is 3. The van der Waals surface area contributed by atoms with Crippen molar-refractivity contribution < 1.29 is 28.2 Å². The van der Waals surface area contributed by atoms with E-state index in [4.69, 9.17) is 26.1 Å². The minimum Gasteiger partial charge on any atom is -0.461 e. The maximum absolute atomic E-state index is 16.9. The Labute approximate surface area is 288 Å². The number of aliphatic hydroxyl groups is 1. The van der Waals surface area contributed by atoms with Crippen LogP contribution < -0.4 is 9.64 Å². The van der Waals surface area contributed by atoms with E-state index in [1.165, 1.54) is 0 Å². The highest BCUT2D eigenvalue weighted by Gasteiger charge is 2.51. The Balaban J connectivity index is 1.21. The quantitative estimate of drug-likeness (QED) is 0.264. The number of benzene rings is 2. The number of halogens is 3. The van der Waals surface area contributed by atoms with Gasteiger partial charge in [0, 0.05) is 48.2 Å². The summed E-state index contributed by atoms with van der Waals surface area (Å²) >= 11 is 6.62. The van der Waals surface area contributed by atoms with E-state index in [2.05, 4.69) is 14.9 Å². The summed E-state index contributed by atoms with van der Waals surface area (Å²) in [5.41, 5.74) is -0.519. The van der Waals surface area contributed by atoms with E-state index < -0.39 is 41.4 Å². The van der Waals surface area contributed by atoms with Gasteiger partial charge < -0.3 is 19.5 Å². The first kappa shape index (κ1) is 32.3. The maximum Gasteiger partial charge on any atom is 0.411 e. The van der Waals surface area contributed by atoms with Gasteiger partial charge in [-0.25, -0.2) is 13.6 Å². The summed E-state index contributed by atoms with van der Waals surface area (Å²) in [5, 5.41) is 13.4. The Bertz CT molecular complexity index is 1960. The van der Waals surface area contributed by atoms with E-state index in [0.717, 1.165) is 24.8 Å². The number of rotatable bonds is 5.